The summed E-state index contributed by atoms with van der Waals surface area (Å²) in [6, 6.07) is 1.10. The van der Waals surface area contributed by atoms with Gasteiger partial charge in [0.25, 0.3) is 0 Å². The lowest BCUT2D eigenvalue weighted by Gasteiger charge is -2.08. The number of sulfone groups is 1. The number of rotatable bonds is 2. The lowest BCUT2D eigenvalue weighted by Crippen LogP contribution is -2.13. The third-order valence-corrected chi connectivity index (χ3v) is 7.57. The zero-order valence-electron chi connectivity index (χ0n) is 9.36. The van der Waals surface area contributed by atoms with Gasteiger partial charge in [-0.05, 0) is 51.2 Å². The summed E-state index contributed by atoms with van der Waals surface area (Å²) in [5.41, 5.74) is 0. The number of hydrogen-bond donors (Lipinski definition) is 0. The van der Waals surface area contributed by atoms with Crippen molar-refractivity contribution < 1.29 is 30.4 Å². The molecule has 0 aliphatic carbocycles. The van der Waals surface area contributed by atoms with E-state index in [4.69, 9.17) is 0 Å². The molecule has 1 heterocycles. The molecule has 0 aliphatic heterocycles. The molecule has 0 radical (unpaired) electrons. The second kappa shape index (κ2) is 5.88. The Morgan fingerprint density at radius 3 is 1.67 bits per heavy atom. The molecule has 0 saturated heterocycles. The van der Waals surface area contributed by atoms with E-state index < -0.39 is 48.7 Å². The van der Waals surface area contributed by atoms with E-state index in [1.165, 1.54) is 0 Å². The Morgan fingerprint density at radius 1 is 0.857 bits per heavy atom. The third kappa shape index (κ3) is 2.81. The minimum Gasteiger partial charge on any atom is -0.218 e. The monoisotopic (exact) mass is 566 g/mol. The van der Waals surface area contributed by atoms with Gasteiger partial charge in [-0.25, -0.2) is 30.4 Å². The van der Waals surface area contributed by atoms with Gasteiger partial charge in [-0.1, -0.05) is 0 Å². The predicted molar refractivity (Wildman–Crippen MR) is 81.4 cm³/mol. The fourth-order valence-corrected chi connectivity index (χ4v) is 8.01. The third-order valence-electron chi connectivity index (χ3n) is 2.35. The molecule has 1 aromatic heterocycles. The minimum absolute atomic E-state index is 0.154. The number of benzene rings is 1. The van der Waals surface area contributed by atoms with Gasteiger partial charge >= 0.3 is 0 Å². The minimum atomic E-state index is -4.87. The van der Waals surface area contributed by atoms with Crippen molar-refractivity contribution in [2.75, 3.05) is 0 Å². The summed E-state index contributed by atoms with van der Waals surface area (Å²) in [7, 11) is -4.87. The maximum absolute atomic E-state index is 13.6. The Morgan fingerprint density at radius 2 is 1.29 bits per heavy atom. The highest BCUT2D eigenvalue weighted by molar-refractivity contribution is 14.1. The maximum atomic E-state index is 13.6. The van der Waals surface area contributed by atoms with Crippen LogP contribution in [0.4, 0.5) is 22.0 Å². The molecule has 114 valence electrons. The van der Waals surface area contributed by atoms with Crippen molar-refractivity contribution >= 4 is 66.4 Å². The molecule has 0 spiro atoms. The standard InChI is InChI=1S/C10HF5I2O2S2/c11-4-5(12)7(14)9(8(15)6(4)13)21(18,19)2-1-3(16)20-10(2)17/h1H. The molecule has 11 heteroatoms. The molecule has 1 aromatic carbocycles. The van der Waals surface area contributed by atoms with E-state index in [0.717, 1.165) is 17.4 Å². The summed E-state index contributed by atoms with van der Waals surface area (Å²) in [4.78, 5) is -2.34. The Kier molecular flexibility index (Phi) is 4.86. The molecule has 21 heavy (non-hydrogen) atoms. The fraction of sp³-hybridized carbons (Fsp3) is 0. The van der Waals surface area contributed by atoms with Gasteiger partial charge in [0.05, 0.1) is 10.7 Å². The number of thiophene rings is 1. The molecule has 0 aliphatic rings. The molecular weight excluding hydrogens is 565 g/mol. The van der Waals surface area contributed by atoms with Crippen LogP contribution in [-0.2, 0) is 9.84 Å². The van der Waals surface area contributed by atoms with Crippen molar-refractivity contribution in [3.05, 3.63) is 40.9 Å². The van der Waals surface area contributed by atoms with E-state index in [1.54, 1.807) is 45.2 Å². The number of hydrogen-bond acceptors (Lipinski definition) is 3. The zero-order chi connectivity index (χ0) is 16.1. The van der Waals surface area contributed by atoms with Crippen molar-refractivity contribution in [1.82, 2.24) is 0 Å². The molecule has 0 saturated carbocycles. The van der Waals surface area contributed by atoms with Crippen LogP contribution in [-0.4, -0.2) is 8.42 Å². The number of halogens is 7. The molecule has 0 fully saturated rings. The van der Waals surface area contributed by atoms with E-state index in [2.05, 4.69) is 0 Å². The van der Waals surface area contributed by atoms with Crippen LogP contribution in [0.3, 0.4) is 0 Å². The van der Waals surface area contributed by atoms with Gasteiger partial charge in [-0.3, -0.25) is 0 Å². The van der Waals surface area contributed by atoms with Crippen LogP contribution in [0.25, 0.3) is 0 Å². The molecule has 0 atom stereocenters. The van der Waals surface area contributed by atoms with Crippen LogP contribution < -0.4 is 0 Å². The van der Waals surface area contributed by atoms with Gasteiger partial charge in [0.1, 0.15) is 4.90 Å². The van der Waals surface area contributed by atoms with Crippen molar-refractivity contribution in [2.24, 2.45) is 0 Å². The van der Waals surface area contributed by atoms with Gasteiger partial charge in [0, 0.05) is 0 Å². The summed E-state index contributed by atoms with van der Waals surface area (Å²) in [6.07, 6.45) is 0. The quantitative estimate of drug-likeness (QED) is 0.177. The van der Waals surface area contributed by atoms with Crippen molar-refractivity contribution in [1.29, 1.82) is 0 Å². The molecule has 2 rings (SSSR count). The summed E-state index contributed by atoms with van der Waals surface area (Å²) in [5.74, 6) is -11.7. The first kappa shape index (κ1) is 17.3. The lowest BCUT2D eigenvalue weighted by atomic mass is 10.3. The lowest BCUT2D eigenvalue weighted by molar-refractivity contribution is 0.357. The van der Waals surface area contributed by atoms with Crippen molar-refractivity contribution in [2.45, 2.75) is 9.79 Å². The highest BCUT2D eigenvalue weighted by atomic mass is 127. The Labute approximate surface area is 146 Å². The van der Waals surface area contributed by atoms with E-state index in [0.29, 0.717) is 2.88 Å². The Hall–Kier alpha value is -0.0200. The normalized spacial score (nSPS) is 12.0. The van der Waals surface area contributed by atoms with Crippen LogP contribution in [0.2, 0.25) is 0 Å². The van der Waals surface area contributed by atoms with E-state index in [9.17, 15) is 30.4 Å². The summed E-state index contributed by atoms with van der Waals surface area (Å²) in [6.45, 7) is 0. The smallest absolute Gasteiger partial charge is 0.214 e. The summed E-state index contributed by atoms with van der Waals surface area (Å²) < 4.78 is 91.5. The van der Waals surface area contributed by atoms with Crippen LogP contribution in [0.15, 0.2) is 15.9 Å². The first-order valence-corrected chi connectivity index (χ1v) is 9.26. The van der Waals surface area contributed by atoms with Crippen LogP contribution in [0.5, 0.6) is 0 Å². The Bertz CT molecular complexity index is 819. The second-order valence-electron chi connectivity index (χ2n) is 3.59. The zero-order valence-corrected chi connectivity index (χ0v) is 15.3. The van der Waals surface area contributed by atoms with E-state index in [-0.39, 0.29) is 2.88 Å². The van der Waals surface area contributed by atoms with Gasteiger partial charge < -0.3 is 0 Å². The average molecular weight is 566 g/mol. The Balaban J connectivity index is 2.87. The fourth-order valence-electron chi connectivity index (χ4n) is 1.44. The summed E-state index contributed by atoms with van der Waals surface area (Å²) in [5, 5.41) is 0. The average Bonchev–Trinajstić information content (AvgIpc) is 2.74. The maximum Gasteiger partial charge on any atom is 0.214 e. The SMILES string of the molecule is O=S(=O)(c1cc(I)sc1I)c1c(F)c(F)c(F)c(F)c1F. The van der Waals surface area contributed by atoms with Gasteiger partial charge in [0.2, 0.25) is 15.7 Å². The molecule has 0 bridgehead atoms. The van der Waals surface area contributed by atoms with Gasteiger partial charge in [-0.15, -0.1) is 11.3 Å². The topological polar surface area (TPSA) is 34.1 Å². The molecule has 2 nitrogen and oxygen atoms in total. The van der Waals surface area contributed by atoms with Crippen molar-refractivity contribution in [3.8, 4) is 0 Å². The first-order valence-electron chi connectivity index (χ1n) is 4.80. The van der Waals surface area contributed by atoms with E-state index >= 15 is 0 Å². The van der Waals surface area contributed by atoms with Crippen LogP contribution in [0, 0.1) is 34.9 Å². The molecule has 2 aromatic rings. The molecular formula is C10HF5I2O2S2. The highest BCUT2D eigenvalue weighted by Gasteiger charge is 2.36. The summed E-state index contributed by atoms with van der Waals surface area (Å²) >= 11 is 4.39. The van der Waals surface area contributed by atoms with Crippen LogP contribution >= 0.6 is 56.5 Å². The van der Waals surface area contributed by atoms with Crippen LogP contribution in [0.1, 0.15) is 0 Å². The molecule has 0 N–H and O–H groups in total. The second-order valence-corrected chi connectivity index (χ2v) is 10.2. The van der Waals surface area contributed by atoms with Gasteiger partial charge in [-0.2, -0.15) is 0 Å². The largest absolute Gasteiger partial charge is 0.218 e. The highest BCUT2D eigenvalue weighted by Crippen LogP contribution is 2.36. The van der Waals surface area contributed by atoms with Gasteiger partial charge in [0.15, 0.2) is 23.3 Å². The predicted octanol–water partition coefficient (Wildman–Crippen LogP) is 4.49. The van der Waals surface area contributed by atoms with Crippen molar-refractivity contribution in [3.63, 3.8) is 0 Å². The first-order chi connectivity index (χ1) is 9.59. The van der Waals surface area contributed by atoms with E-state index in [1.807, 2.05) is 0 Å². The molecule has 0 unspecified atom stereocenters. The molecule has 0 amide bonds.